The number of rotatable bonds is 16. The second kappa shape index (κ2) is 22.1. The minimum atomic E-state index is -1.70. The maximum Gasteiger partial charge on any atom is 0.258 e. The second-order valence-corrected chi connectivity index (χ2v) is 15.6. The lowest BCUT2D eigenvalue weighted by atomic mass is 10.1. The van der Waals surface area contributed by atoms with Crippen LogP contribution in [0.1, 0.15) is 34.6 Å². The zero-order valence-electron chi connectivity index (χ0n) is 32.3. The molecule has 0 bridgehead atoms. The highest BCUT2D eigenvalue weighted by atomic mass is 35.5. The lowest BCUT2D eigenvalue weighted by Crippen LogP contribution is -2.32. The molecule has 0 aromatic heterocycles. The van der Waals surface area contributed by atoms with Gasteiger partial charge in [0.1, 0.15) is 17.1 Å². The third kappa shape index (κ3) is 13.2. The van der Waals surface area contributed by atoms with Gasteiger partial charge >= 0.3 is 0 Å². The average Bonchev–Trinajstić information content (AvgIpc) is 3.22. The number of carbonyl (C=O) groups is 6. The number of carbonyl (C=O) groups excluding carboxylic acids is 6. The number of azo groups is 2. The summed E-state index contributed by atoms with van der Waals surface area (Å²) in [6, 6.07) is 17.4. The topological polar surface area (TPSA) is 209 Å². The molecule has 324 valence electrons. The highest BCUT2D eigenvalue weighted by molar-refractivity contribution is 6.37. The normalized spacial score (nSPS) is 12.1. The summed E-state index contributed by atoms with van der Waals surface area (Å²) in [5, 5.41) is 27.4. The fraction of sp³-hybridized carbons (Fsp3) is 0.122. The van der Waals surface area contributed by atoms with Crippen LogP contribution in [0.25, 0.3) is 0 Å². The molecule has 15 nitrogen and oxygen atoms in total. The van der Waals surface area contributed by atoms with Crippen molar-refractivity contribution < 1.29 is 33.5 Å². The molecule has 0 aliphatic carbocycles. The first kappa shape index (κ1) is 48.4. The van der Waals surface area contributed by atoms with E-state index in [1.54, 1.807) is 12.1 Å². The van der Waals surface area contributed by atoms with Gasteiger partial charge in [0.15, 0.2) is 17.6 Å². The summed E-state index contributed by atoms with van der Waals surface area (Å²) in [7, 11) is 0. The third-order valence-corrected chi connectivity index (χ3v) is 10.2. The van der Waals surface area contributed by atoms with Gasteiger partial charge in [0.2, 0.25) is 12.1 Å². The number of halogens is 7. The quantitative estimate of drug-likeness (QED) is 0.0426. The van der Waals surface area contributed by atoms with Crippen LogP contribution in [0.15, 0.2) is 111 Å². The van der Waals surface area contributed by atoms with E-state index in [2.05, 4.69) is 41.7 Å². The fourth-order valence-corrected chi connectivity index (χ4v) is 6.31. The summed E-state index contributed by atoms with van der Waals surface area (Å²) in [5.74, 6) is -4.47. The SMILES string of the molecule is CC(=O)C(N=Nc1cc(C(=O)Nc2cc(Cl)ccc2Cl)ccc1Cl)C(=O)Nc1ccc(NC(=O)C(N=Nc2cc(C(=O)Nc3cc(Cl)ccc3Cl)ccc2Cl)C(C)=O)c(OCCl)c1. The Hall–Kier alpha value is -5.65. The standard InChI is InChI=1S/C41H29Cl7N8O7/c1-19(57)36(55-53-33-13-21(3-8-28(33)47)38(59)51-31-15-23(43)5-10-26(31)45)40(61)49-25-7-12-30(35(17-25)63-18-42)50-41(62)37(20(2)58)56-54-34-14-22(4-9-29(34)48)39(60)52-32-16-24(44)6-11-27(32)46/h3-17,36-37H,18H2,1-2H3,(H,49,61)(H,50,62)(H,51,59)(H,52,60). The Balaban J connectivity index is 1.28. The number of amides is 4. The van der Waals surface area contributed by atoms with E-state index in [9.17, 15) is 28.8 Å². The number of alkyl halides is 1. The minimum Gasteiger partial charge on any atom is -0.476 e. The van der Waals surface area contributed by atoms with Crippen LogP contribution in [0.4, 0.5) is 34.1 Å². The van der Waals surface area contributed by atoms with Crippen LogP contribution in [-0.2, 0) is 19.2 Å². The molecule has 5 aromatic rings. The van der Waals surface area contributed by atoms with Crippen LogP contribution in [0, 0.1) is 0 Å². The van der Waals surface area contributed by atoms with E-state index in [-0.39, 0.29) is 71.1 Å². The molecule has 2 atom stereocenters. The molecule has 0 saturated heterocycles. The van der Waals surface area contributed by atoms with E-state index in [1.165, 1.54) is 78.9 Å². The molecular weight excluding hydrogens is 965 g/mol. The molecule has 4 N–H and O–H groups in total. The molecule has 0 aliphatic heterocycles. The van der Waals surface area contributed by atoms with Gasteiger partial charge < -0.3 is 26.0 Å². The molecule has 5 rings (SSSR count). The maximum atomic E-state index is 13.4. The van der Waals surface area contributed by atoms with Crippen molar-refractivity contribution in [1.29, 1.82) is 0 Å². The van der Waals surface area contributed by atoms with Crippen molar-refractivity contribution in [1.82, 2.24) is 0 Å². The van der Waals surface area contributed by atoms with Crippen molar-refractivity contribution in [3.05, 3.63) is 132 Å². The Morgan fingerprint density at radius 2 is 0.968 bits per heavy atom. The summed E-state index contributed by atoms with van der Waals surface area (Å²) >= 11 is 42.8. The molecule has 2 unspecified atom stereocenters. The van der Waals surface area contributed by atoms with Crippen molar-refractivity contribution in [3.8, 4) is 5.75 Å². The summed E-state index contributed by atoms with van der Waals surface area (Å²) in [6.45, 7) is 2.23. The maximum absolute atomic E-state index is 13.4. The van der Waals surface area contributed by atoms with E-state index in [0.717, 1.165) is 13.8 Å². The highest BCUT2D eigenvalue weighted by Gasteiger charge is 2.27. The number of nitrogens with one attached hydrogen (secondary N) is 4. The van der Waals surface area contributed by atoms with Gasteiger partial charge in [-0.15, -0.1) is 0 Å². The average molecular weight is 994 g/mol. The molecular formula is C41H29Cl7N8O7. The number of anilines is 4. The first-order valence-corrected chi connectivity index (χ1v) is 20.6. The van der Waals surface area contributed by atoms with Gasteiger partial charge in [0.05, 0.1) is 37.2 Å². The van der Waals surface area contributed by atoms with Crippen molar-refractivity contribution >= 4 is 151 Å². The summed E-state index contributed by atoms with van der Waals surface area (Å²) in [6.07, 6.45) is 0. The van der Waals surface area contributed by atoms with Crippen molar-refractivity contribution in [3.63, 3.8) is 0 Å². The van der Waals surface area contributed by atoms with Crippen LogP contribution in [0.3, 0.4) is 0 Å². The smallest absolute Gasteiger partial charge is 0.258 e. The molecule has 0 spiro atoms. The largest absolute Gasteiger partial charge is 0.476 e. The number of ether oxygens (including phenoxy) is 1. The molecule has 5 aromatic carbocycles. The lowest BCUT2D eigenvalue weighted by molar-refractivity contribution is -0.127. The van der Waals surface area contributed by atoms with Crippen molar-refractivity contribution in [2.24, 2.45) is 20.5 Å². The predicted octanol–water partition coefficient (Wildman–Crippen LogP) is 12.0. The van der Waals surface area contributed by atoms with Gasteiger partial charge in [-0.05, 0) is 98.8 Å². The van der Waals surface area contributed by atoms with E-state index in [4.69, 9.17) is 85.9 Å². The second-order valence-electron chi connectivity index (χ2n) is 12.9. The lowest BCUT2D eigenvalue weighted by Gasteiger charge is -2.15. The Bertz CT molecular complexity index is 2700. The van der Waals surface area contributed by atoms with Crippen molar-refractivity contribution in [2.75, 3.05) is 27.3 Å². The number of hydrogen-bond donors (Lipinski definition) is 4. The van der Waals surface area contributed by atoms with Gasteiger partial charge in [0, 0.05) is 32.9 Å². The van der Waals surface area contributed by atoms with E-state index in [0.29, 0.717) is 10.0 Å². The van der Waals surface area contributed by atoms with Crippen LogP contribution in [0.5, 0.6) is 5.75 Å². The van der Waals surface area contributed by atoms with Gasteiger partial charge in [-0.25, -0.2) is 0 Å². The molecule has 0 radical (unpaired) electrons. The van der Waals surface area contributed by atoms with Gasteiger partial charge in [-0.3, -0.25) is 28.8 Å². The number of ketones is 2. The molecule has 22 heteroatoms. The fourth-order valence-electron chi connectivity index (χ4n) is 5.21. The highest BCUT2D eigenvalue weighted by Crippen LogP contribution is 2.33. The Morgan fingerprint density at radius 3 is 1.41 bits per heavy atom. The molecule has 63 heavy (non-hydrogen) atoms. The molecule has 0 aliphatic rings. The van der Waals surface area contributed by atoms with Crippen LogP contribution >= 0.6 is 81.2 Å². The third-order valence-electron chi connectivity index (χ3n) is 8.32. The molecule has 0 heterocycles. The zero-order valence-corrected chi connectivity index (χ0v) is 37.6. The minimum absolute atomic E-state index is 0.00970. The monoisotopic (exact) mass is 990 g/mol. The number of nitrogens with zero attached hydrogens (tertiary/aromatic N) is 4. The number of Topliss-reactive ketones (excluding diaryl/α,β-unsaturated/α-hetero) is 2. The predicted molar refractivity (Wildman–Crippen MR) is 245 cm³/mol. The van der Waals surface area contributed by atoms with E-state index < -0.39 is 53.3 Å². The van der Waals surface area contributed by atoms with Crippen LogP contribution in [0.2, 0.25) is 30.1 Å². The van der Waals surface area contributed by atoms with Crippen LogP contribution < -0.4 is 26.0 Å². The van der Waals surface area contributed by atoms with E-state index >= 15 is 0 Å². The Kier molecular flexibility index (Phi) is 17.0. The Morgan fingerprint density at radius 1 is 0.524 bits per heavy atom. The van der Waals surface area contributed by atoms with Gasteiger partial charge in [0.25, 0.3) is 23.6 Å². The molecule has 4 amide bonds. The Labute approximate surface area is 393 Å². The number of hydrogen-bond acceptors (Lipinski definition) is 11. The summed E-state index contributed by atoms with van der Waals surface area (Å²) in [4.78, 5) is 77.9. The first-order chi connectivity index (χ1) is 29.9. The summed E-state index contributed by atoms with van der Waals surface area (Å²) < 4.78 is 5.46. The number of benzene rings is 5. The first-order valence-electron chi connectivity index (χ1n) is 17.8. The van der Waals surface area contributed by atoms with Gasteiger partial charge in [-0.1, -0.05) is 81.2 Å². The van der Waals surface area contributed by atoms with Gasteiger partial charge in [-0.2, -0.15) is 20.5 Å². The molecule has 0 fully saturated rings. The zero-order chi connectivity index (χ0) is 46.0. The van der Waals surface area contributed by atoms with E-state index in [1.807, 2.05) is 0 Å². The van der Waals surface area contributed by atoms with Crippen molar-refractivity contribution in [2.45, 2.75) is 25.9 Å². The summed E-state index contributed by atoms with van der Waals surface area (Å²) in [5.41, 5.74) is 0.740. The van der Waals surface area contributed by atoms with Crippen LogP contribution in [-0.4, -0.2) is 53.3 Å². The molecule has 0 saturated carbocycles.